The Bertz CT molecular complexity index is 3000. The number of nitrogens with zero attached hydrogens (tertiary/aromatic N) is 2. The summed E-state index contributed by atoms with van der Waals surface area (Å²) in [6.07, 6.45) is 0. The molecule has 0 fully saturated rings. The molecule has 3 heteroatoms. The van der Waals surface area contributed by atoms with E-state index in [1.807, 2.05) is 0 Å². The van der Waals surface area contributed by atoms with E-state index in [9.17, 15) is 0 Å². The highest BCUT2D eigenvalue weighted by molar-refractivity contribution is 6.11. The third kappa shape index (κ3) is 5.41. The fourth-order valence-electron chi connectivity index (χ4n) is 7.99. The first kappa shape index (κ1) is 31.7. The zero-order chi connectivity index (χ0) is 36.2. The van der Waals surface area contributed by atoms with E-state index in [0.29, 0.717) is 5.89 Å². The van der Waals surface area contributed by atoms with Crippen molar-refractivity contribution in [3.8, 4) is 61.6 Å². The Balaban J connectivity index is 1.01. The van der Waals surface area contributed by atoms with Crippen LogP contribution >= 0.6 is 0 Å². The van der Waals surface area contributed by atoms with Gasteiger partial charge in [0, 0.05) is 22.0 Å². The van der Waals surface area contributed by atoms with Gasteiger partial charge >= 0.3 is 0 Å². The van der Waals surface area contributed by atoms with Crippen molar-refractivity contribution in [3.63, 3.8) is 0 Å². The standard InChI is InChI=1S/C51H36N2O/c1-33-20-21-34(2)45(30-33)38-26-28-47-50(32-38)54-51(52-47)36-24-22-35(23-25-36)40-14-6-8-16-42(40)43-17-9-7-15-41(43)37-27-29-49-46(31-37)44-18-10-11-19-48(44)53(49)39-12-4-3-5-13-39/h3-32H,1-2H3. The molecule has 54 heavy (non-hydrogen) atoms. The van der Waals surface area contributed by atoms with Crippen LogP contribution in [0.15, 0.2) is 186 Å². The van der Waals surface area contributed by atoms with Gasteiger partial charge in [0.2, 0.25) is 5.89 Å². The summed E-state index contributed by atoms with van der Waals surface area (Å²) < 4.78 is 8.73. The average molecular weight is 693 g/mol. The number of benzene rings is 8. The number of oxazole rings is 1. The topological polar surface area (TPSA) is 31.0 Å². The number of aryl methyl sites for hydroxylation is 2. The van der Waals surface area contributed by atoms with Gasteiger partial charge in [0.25, 0.3) is 0 Å². The normalized spacial score (nSPS) is 11.5. The molecule has 0 bridgehead atoms. The molecule has 0 aliphatic rings. The Morgan fingerprint density at radius 2 is 1.02 bits per heavy atom. The number of para-hydroxylation sites is 2. The van der Waals surface area contributed by atoms with E-state index >= 15 is 0 Å². The molecule has 0 radical (unpaired) electrons. The van der Waals surface area contributed by atoms with Crippen molar-refractivity contribution in [2.45, 2.75) is 13.8 Å². The lowest BCUT2D eigenvalue weighted by Crippen LogP contribution is -1.93. The van der Waals surface area contributed by atoms with Crippen molar-refractivity contribution < 1.29 is 4.42 Å². The van der Waals surface area contributed by atoms with Gasteiger partial charge < -0.3 is 8.98 Å². The molecular formula is C51H36N2O. The Morgan fingerprint density at radius 3 is 1.80 bits per heavy atom. The minimum absolute atomic E-state index is 0.623. The van der Waals surface area contributed by atoms with E-state index in [0.717, 1.165) is 33.5 Å². The van der Waals surface area contributed by atoms with Gasteiger partial charge in [0.05, 0.1) is 11.0 Å². The van der Waals surface area contributed by atoms with Crippen molar-refractivity contribution in [2.75, 3.05) is 0 Å². The predicted octanol–water partition coefficient (Wildman–Crippen LogP) is 13.9. The number of hydrogen-bond acceptors (Lipinski definition) is 2. The third-order valence-electron chi connectivity index (χ3n) is 10.7. The minimum Gasteiger partial charge on any atom is -0.436 e. The first-order valence-corrected chi connectivity index (χ1v) is 18.5. The summed E-state index contributed by atoms with van der Waals surface area (Å²) in [7, 11) is 0. The SMILES string of the molecule is Cc1ccc(C)c(-c2ccc3nc(-c4ccc(-c5ccccc5-c5ccccc5-c5ccc6c(c5)c5ccccc5n6-c5ccccc5)cc4)oc3c2)c1. The van der Waals surface area contributed by atoms with Crippen LogP contribution in [0.4, 0.5) is 0 Å². The average Bonchev–Trinajstić information content (AvgIpc) is 3.81. The van der Waals surface area contributed by atoms with Crippen molar-refractivity contribution >= 4 is 32.9 Å². The lowest BCUT2D eigenvalue weighted by Gasteiger charge is -2.15. The second-order valence-corrected chi connectivity index (χ2v) is 14.1. The Labute approximate surface area is 314 Å². The number of rotatable bonds is 6. The van der Waals surface area contributed by atoms with Crippen LogP contribution in [0.1, 0.15) is 11.1 Å². The van der Waals surface area contributed by atoms with Gasteiger partial charge in [0.1, 0.15) is 5.52 Å². The molecule has 10 aromatic rings. The molecule has 0 saturated heterocycles. The second-order valence-electron chi connectivity index (χ2n) is 14.1. The highest BCUT2D eigenvalue weighted by Gasteiger charge is 2.17. The zero-order valence-corrected chi connectivity index (χ0v) is 30.1. The summed E-state index contributed by atoms with van der Waals surface area (Å²) in [5, 5.41) is 2.49. The second kappa shape index (κ2) is 12.9. The van der Waals surface area contributed by atoms with Crippen LogP contribution in [0.3, 0.4) is 0 Å². The molecule has 0 unspecified atom stereocenters. The van der Waals surface area contributed by atoms with Crippen LogP contribution in [0, 0.1) is 13.8 Å². The maximum atomic E-state index is 6.36. The highest BCUT2D eigenvalue weighted by Crippen LogP contribution is 2.41. The summed E-state index contributed by atoms with van der Waals surface area (Å²) in [5.41, 5.74) is 18.1. The van der Waals surface area contributed by atoms with Crippen LogP contribution < -0.4 is 0 Å². The van der Waals surface area contributed by atoms with Crippen LogP contribution in [-0.4, -0.2) is 9.55 Å². The molecule has 3 nitrogen and oxygen atoms in total. The lowest BCUT2D eigenvalue weighted by molar-refractivity contribution is 0.620. The van der Waals surface area contributed by atoms with Gasteiger partial charge in [-0.25, -0.2) is 4.98 Å². The van der Waals surface area contributed by atoms with E-state index in [1.54, 1.807) is 0 Å². The summed E-state index contributed by atoms with van der Waals surface area (Å²) >= 11 is 0. The monoisotopic (exact) mass is 692 g/mol. The molecule has 0 atom stereocenters. The lowest BCUT2D eigenvalue weighted by atomic mass is 9.89. The van der Waals surface area contributed by atoms with E-state index in [1.165, 1.54) is 66.3 Å². The van der Waals surface area contributed by atoms with Gasteiger partial charge in [-0.1, -0.05) is 133 Å². The molecule has 0 aliphatic carbocycles. The van der Waals surface area contributed by atoms with E-state index in [-0.39, 0.29) is 0 Å². The molecule has 10 rings (SSSR count). The number of fused-ring (bicyclic) bond motifs is 4. The molecule has 2 aromatic heterocycles. The fraction of sp³-hybridized carbons (Fsp3) is 0.0392. The van der Waals surface area contributed by atoms with Crippen molar-refractivity contribution in [1.29, 1.82) is 0 Å². The fourth-order valence-corrected chi connectivity index (χ4v) is 7.99. The molecule has 2 heterocycles. The summed E-state index contributed by atoms with van der Waals surface area (Å²) in [6.45, 7) is 4.27. The van der Waals surface area contributed by atoms with E-state index < -0.39 is 0 Å². The Kier molecular flexibility index (Phi) is 7.59. The quantitative estimate of drug-likeness (QED) is 0.174. The summed E-state index contributed by atoms with van der Waals surface area (Å²) in [6, 6.07) is 65.1. The third-order valence-corrected chi connectivity index (χ3v) is 10.7. The maximum absolute atomic E-state index is 6.36. The largest absolute Gasteiger partial charge is 0.436 e. The van der Waals surface area contributed by atoms with Gasteiger partial charge in [-0.05, 0) is 119 Å². The smallest absolute Gasteiger partial charge is 0.227 e. The molecule has 0 spiro atoms. The number of aromatic nitrogens is 2. The number of hydrogen-bond donors (Lipinski definition) is 0. The molecule has 0 amide bonds. The summed E-state index contributed by atoms with van der Waals surface area (Å²) in [4.78, 5) is 4.86. The molecule has 256 valence electrons. The van der Waals surface area contributed by atoms with Crippen LogP contribution in [0.2, 0.25) is 0 Å². The van der Waals surface area contributed by atoms with Crippen molar-refractivity contribution in [2.24, 2.45) is 0 Å². The first-order chi connectivity index (χ1) is 26.6. The van der Waals surface area contributed by atoms with Gasteiger partial charge in [-0.2, -0.15) is 0 Å². The van der Waals surface area contributed by atoms with E-state index in [4.69, 9.17) is 9.40 Å². The summed E-state index contributed by atoms with van der Waals surface area (Å²) in [5.74, 6) is 0.623. The maximum Gasteiger partial charge on any atom is 0.227 e. The van der Waals surface area contributed by atoms with Gasteiger partial charge in [0.15, 0.2) is 5.58 Å². The van der Waals surface area contributed by atoms with E-state index in [2.05, 4.69) is 200 Å². The predicted molar refractivity (Wildman–Crippen MR) is 225 cm³/mol. The van der Waals surface area contributed by atoms with Gasteiger partial charge in [-0.3, -0.25) is 0 Å². The molecule has 0 N–H and O–H groups in total. The van der Waals surface area contributed by atoms with Crippen LogP contribution in [0.25, 0.3) is 94.6 Å². The van der Waals surface area contributed by atoms with Crippen LogP contribution in [0.5, 0.6) is 0 Å². The first-order valence-electron chi connectivity index (χ1n) is 18.5. The van der Waals surface area contributed by atoms with Gasteiger partial charge in [-0.15, -0.1) is 0 Å². The Hall–Kier alpha value is -6.97. The minimum atomic E-state index is 0.623. The Morgan fingerprint density at radius 1 is 0.426 bits per heavy atom. The van der Waals surface area contributed by atoms with Crippen LogP contribution in [-0.2, 0) is 0 Å². The molecular weight excluding hydrogens is 657 g/mol. The molecule has 0 aliphatic heterocycles. The van der Waals surface area contributed by atoms with Crippen molar-refractivity contribution in [1.82, 2.24) is 9.55 Å². The zero-order valence-electron chi connectivity index (χ0n) is 30.1. The molecule has 0 saturated carbocycles. The van der Waals surface area contributed by atoms with Crippen molar-refractivity contribution in [3.05, 3.63) is 193 Å². The highest BCUT2D eigenvalue weighted by atomic mass is 16.3. The molecule has 8 aromatic carbocycles.